The average molecular weight is 535 g/mol. The molecule has 1 fully saturated rings. The molecule has 0 saturated carbocycles. The third-order valence-electron chi connectivity index (χ3n) is 5.66. The van der Waals surface area contributed by atoms with Gasteiger partial charge in [-0.3, -0.25) is 29.8 Å². The first-order valence-electron chi connectivity index (χ1n) is 11.2. The van der Waals surface area contributed by atoms with Crippen LogP contribution in [0.15, 0.2) is 34.8 Å². The Morgan fingerprint density at radius 2 is 1.94 bits per heavy atom. The normalized spacial score (nSPS) is 17.9. The quantitative estimate of drug-likeness (QED) is 0.396. The van der Waals surface area contributed by atoms with E-state index in [0.717, 1.165) is 15.4 Å². The van der Waals surface area contributed by atoms with Crippen molar-refractivity contribution in [1.82, 2.24) is 26.2 Å². The minimum Gasteiger partial charge on any atom is -0.383 e. The van der Waals surface area contributed by atoms with E-state index in [1.807, 2.05) is 30.3 Å². The second-order valence-electron chi connectivity index (χ2n) is 8.77. The molecule has 0 aliphatic carbocycles. The second kappa shape index (κ2) is 11.1. The minimum atomic E-state index is -1.19. The molecular weight excluding hydrogens is 504 g/mol. The van der Waals surface area contributed by atoms with E-state index in [1.54, 1.807) is 32.8 Å². The van der Waals surface area contributed by atoms with Crippen LogP contribution in [0.4, 0.5) is 5.82 Å². The zero-order chi connectivity index (χ0) is 25.0. The van der Waals surface area contributed by atoms with Gasteiger partial charge in [0.25, 0.3) is 11.8 Å². The summed E-state index contributed by atoms with van der Waals surface area (Å²) in [7, 11) is 1.70. The Morgan fingerprint density at radius 3 is 2.65 bits per heavy atom. The van der Waals surface area contributed by atoms with Gasteiger partial charge in [0.15, 0.2) is 0 Å². The SMILES string of the molecule is CC(C)[C@H](O)C(=O)N[C@@H](C)C(=O)N1CCC[C@@H](C(=O)NN(C)c2ccc3ccc(Br)cc3n2)N1. The molecule has 2 aromatic rings. The zero-order valence-electron chi connectivity index (χ0n) is 19.7. The van der Waals surface area contributed by atoms with Crippen molar-refractivity contribution in [2.45, 2.75) is 51.8 Å². The number of carbonyl (C=O) groups excluding carboxylic acids is 3. The van der Waals surface area contributed by atoms with E-state index in [2.05, 4.69) is 37.1 Å². The van der Waals surface area contributed by atoms with Gasteiger partial charge in [-0.2, -0.15) is 0 Å². The number of nitrogens with zero attached hydrogens (tertiary/aromatic N) is 3. The lowest BCUT2D eigenvalue weighted by molar-refractivity contribution is -0.144. The van der Waals surface area contributed by atoms with Crippen LogP contribution in [0.1, 0.15) is 33.6 Å². The number of carbonyl (C=O) groups is 3. The van der Waals surface area contributed by atoms with Gasteiger partial charge in [0, 0.05) is 23.5 Å². The van der Waals surface area contributed by atoms with Gasteiger partial charge >= 0.3 is 0 Å². The second-order valence-corrected chi connectivity index (χ2v) is 9.69. The summed E-state index contributed by atoms with van der Waals surface area (Å²) >= 11 is 3.44. The molecule has 1 aliphatic rings. The highest BCUT2D eigenvalue weighted by Crippen LogP contribution is 2.21. The van der Waals surface area contributed by atoms with Gasteiger partial charge in [-0.05, 0) is 49.9 Å². The Labute approximate surface area is 207 Å². The van der Waals surface area contributed by atoms with Gasteiger partial charge in [-0.25, -0.2) is 10.4 Å². The maximum Gasteiger partial charge on any atom is 0.258 e. The fourth-order valence-electron chi connectivity index (χ4n) is 3.60. The predicted molar refractivity (Wildman–Crippen MR) is 132 cm³/mol. The molecule has 1 saturated heterocycles. The lowest BCUT2D eigenvalue weighted by atomic mass is 10.1. The molecule has 3 atom stereocenters. The molecule has 0 unspecified atom stereocenters. The molecule has 0 spiro atoms. The van der Waals surface area contributed by atoms with Crippen LogP contribution in [0, 0.1) is 5.92 Å². The smallest absolute Gasteiger partial charge is 0.258 e. The molecular formula is C23H31BrN6O4. The summed E-state index contributed by atoms with van der Waals surface area (Å²) < 4.78 is 0.914. The van der Waals surface area contributed by atoms with E-state index in [1.165, 1.54) is 5.01 Å². The summed E-state index contributed by atoms with van der Waals surface area (Å²) in [5, 5.41) is 16.3. The van der Waals surface area contributed by atoms with E-state index in [-0.39, 0.29) is 17.7 Å². The van der Waals surface area contributed by atoms with Crippen molar-refractivity contribution in [2.75, 3.05) is 18.6 Å². The largest absolute Gasteiger partial charge is 0.383 e. The number of aliphatic hydroxyl groups is 1. The first-order chi connectivity index (χ1) is 16.1. The third kappa shape index (κ3) is 6.22. The first kappa shape index (κ1) is 25.9. The Balaban J connectivity index is 1.59. The fraction of sp³-hybridized carbons (Fsp3) is 0.478. The number of benzene rings is 1. The van der Waals surface area contributed by atoms with Gasteiger partial charge in [-0.15, -0.1) is 0 Å². The molecule has 34 heavy (non-hydrogen) atoms. The van der Waals surface area contributed by atoms with Crippen molar-refractivity contribution in [3.8, 4) is 0 Å². The molecule has 3 amide bonds. The van der Waals surface area contributed by atoms with Crippen molar-refractivity contribution < 1.29 is 19.5 Å². The number of amides is 3. The monoisotopic (exact) mass is 534 g/mol. The maximum atomic E-state index is 12.9. The summed E-state index contributed by atoms with van der Waals surface area (Å²) in [4.78, 5) is 42.4. The summed E-state index contributed by atoms with van der Waals surface area (Å²) in [6.07, 6.45) is -0.0182. The predicted octanol–water partition coefficient (Wildman–Crippen LogP) is 1.48. The standard InChI is InChI=1S/C23H31BrN6O4/c1-13(2)20(31)22(33)25-14(3)23(34)30-11-5-6-17(27-30)21(32)28-29(4)19-10-8-15-7-9-16(24)12-18(15)26-19/h7-10,12-14,17,20,27,31H,5-6,11H2,1-4H3,(H,25,33)(H,28,32)/t14-,17-,20-/m0/s1. The van der Waals surface area contributed by atoms with Crippen molar-refractivity contribution in [3.63, 3.8) is 0 Å². The Morgan fingerprint density at radius 1 is 1.24 bits per heavy atom. The zero-order valence-corrected chi connectivity index (χ0v) is 21.3. The average Bonchev–Trinajstić information content (AvgIpc) is 2.82. The highest BCUT2D eigenvalue weighted by Gasteiger charge is 2.32. The highest BCUT2D eigenvalue weighted by molar-refractivity contribution is 9.10. The number of aromatic nitrogens is 1. The van der Waals surface area contributed by atoms with E-state index in [9.17, 15) is 19.5 Å². The van der Waals surface area contributed by atoms with Gasteiger partial charge in [-0.1, -0.05) is 35.8 Å². The van der Waals surface area contributed by atoms with E-state index in [0.29, 0.717) is 25.2 Å². The van der Waals surface area contributed by atoms with Crippen LogP contribution >= 0.6 is 15.9 Å². The molecule has 2 heterocycles. The van der Waals surface area contributed by atoms with Crippen molar-refractivity contribution in [1.29, 1.82) is 0 Å². The summed E-state index contributed by atoms with van der Waals surface area (Å²) in [5.41, 5.74) is 6.56. The molecule has 1 aromatic heterocycles. The van der Waals surface area contributed by atoms with Crippen LogP contribution in [0.3, 0.4) is 0 Å². The van der Waals surface area contributed by atoms with Crippen LogP contribution in [0.5, 0.6) is 0 Å². The third-order valence-corrected chi connectivity index (χ3v) is 6.15. The number of hydrogen-bond donors (Lipinski definition) is 4. The number of anilines is 1. The van der Waals surface area contributed by atoms with Crippen LogP contribution in [0.2, 0.25) is 0 Å². The first-order valence-corrected chi connectivity index (χ1v) is 12.0. The topological polar surface area (TPSA) is 127 Å². The molecule has 11 heteroatoms. The van der Waals surface area contributed by atoms with E-state index < -0.39 is 24.1 Å². The van der Waals surface area contributed by atoms with Gasteiger partial charge in [0.05, 0.1) is 5.52 Å². The number of hydrazine groups is 2. The number of pyridine rings is 1. The Bertz CT molecular complexity index is 1060. The molecule has 3 rings (SSSR count). The van der Waals surface area contributed by atoms with Crippen LogP contribution in [0.25, 0.3) is 10.9 Å². The number of nitrogens with one attached hydrogen (secondary N) is 3. The lowest BCUT2D eigenvalue weighted by Crippen LogP contribution is -2.62. The van der Waals surface area contributed by atoms with Crippen LogP contribution in [-0.4, -0.2) is 64.6 Å². The molecule has 0 radical (unpaired) electrons. The maximum absolute atomic E-state index is 12.9. The number of fused-ring (bicyclic) bond motifs is 1. The van der Waals surface area contributed by atoms with Gasteiger partial charge < -0.3 is 10.4 Å². The molecule has 0 bridgehead atoms. The molecule has 184 valence electrons. The van der Waals surface area contributed by atoms with Crippen molar-refractivity contribution in [2.24, 2.45) is 5.92 Å². The van der Waals surface area contributed by atoms with Crippen molar-refractivity contribution in [3.05, 3.63) is 34.8 Å². The van der Waals surface area contributed by atoms with E-state index in [4.69, 9.17) is 0 Å². The highest BCUT2D eigenvalue weighted by atomic mass is 79.9. The number of rotatable bonds is 7. The Kier molecular flexibility index (Phi) is 8.45. The Hall–Kier alpha value is -2.76. The van der Waals surface area contributed by atoms with Gasteiger partial charge in [0.2, 0.25) is 5.91 Å². The van der Waals surface area contributed by atoms with Crippen LogP contribution < -0.4 is 21.2 Å². The number of hydrogen-bond acceptors (Lipinski definition) is 7. The summed E-state index contributed by atoms with van der Waals surface area (Å²) in [6.45, 7) is 5.40. The van der Waals surface area contributed by atoms with Crippen LogP contribution in [-0.2, 0) is 14.4 Å². The van der Waals surface area contributed by atoms with Gasteiger partial charge in [0.1, 0.15) is 24.0 Å². The molecule has 1 aromatic carbocycles. The van der Waals surface area contributed by atoms with E-state index >= 15 is 0 Å². The minimum absolute atomic E-state index is 0.265. The van der Waals surface area contributed by atoms with Crippen molar-refractivity contribution >= 4 is 50.4 Å². The molecule has 4 N–H and O–H groups in total. The lowest BCUT2D eigenvalue weighted by Gasteiger charge is -2.35. The summed E-state index contributed by atoms with van der Waals surface area (Å²) in [6, 6.07) is 8.07. The fourth-order valence-corrected chi connectivity index (χ4v) is 3.95. The summed E-state index contributed by atoms with van der Waals surface area (Å²) in [5.74, 6) is -0.972. The molecule has 10 nitrogen and oxygen atoms in total. The number of aliphatic hydroxyl groups excluding tert-OH is 1. The molecule has 1 aliphatic heterocycles. The number of halogens is 1.